The molecule has 2 heterocycles. The molecule has 0 spiro atoms. The van der Waals surface area contributed by atoms with Crippen molar-refractivity contribution < 1.29 is 19.7 Å². The van der Waals surface area contributed by atoms with E-state index in [0.29, 0.717) is 19.7 Å². The van der Waals surface area contributed by atoms with Gasteiger partial charge in [-0.2, -0.15) is 0 Å². The van der Waals surface area contributed by atoms with Gasteiger partial charge in [0.05, 0.1) is 24.9 Å². The zero-order valence-corrected chi connectivity index (χ0v) is 14.6. The Morgan fingerprint density at radius 3 is 2.68 bits per heavy atom. The molecule has 7 heteroatoms. The Morgan fingerprint density at radius 1 is 1.28 bits per heavy atom. The fourth-order valence-electron chi connectivity index (χ4n) is 3.43. The van der Waals surface area contributed by atoms with Crippen LogP contribution >= 0.6 is 0 Å². The van der Waals surface area contributed by atoms with Crippen molar-refractivity contribution in [1.29, 1.82) is 0 Å². The number of aliphatic hydroxyl groups is 1. The summed E-state index contributed by atoms with van der Waals surface area (Å²) in [6.07, 6.45) is -0.817. The van der Waals surface area contributed by atoms with Crippen LogP contribution in [0.2, 0.25) is 0 Å². The molecule has 1 amide bonds. The Bertz CT molecular complexity index is 589. The highest BCUT2D eigenvalue weighted by molar-refractivity contribution is 5.73. The fourth-order valence-corrected chi connectivity index (χ4v) is 3.43. The third-order valence-electron chi connectivity index (χ3n) is 5.09. The summed E-state index contributed by atoms with van der Waals surface area (Å²) >= 11 is 0. The number of phenols is 1. The monoisotopic (exact) mass is 349 g/mol. The number of benzene rings is 1. The van der Waals surface area contributed by atoms with Crippen LogP contribution in [0.15, 0.2) is 24.3 Å². The van der Waals surface area contributed by atoms with Gasteiger partial charge in [0.1, 0.15) is 5.75 Å². The predicted molar refractivity (Wildman–Crippen MR) is 93.2 cm³/mol. The summed E-state index contributed by atoms with van der Waals surface area (Å²) in [6, 6.07) is 7.03. The van der Waals surface area contributed by atoms with Crippen LogP contribution in [0.4, 0.5) is 0 Å². The number of hydrogen-bond donors (Lipinski definition) is 3. The molecule has 2 aliphatic heterocycles. The number of amides is 1. The van der Waals surface area contributed by atoms with Gasteiger partial charge in [-0.15, -0.1) is 0 Å². The van der Waals surface area contributed by atoms with Crippen molar-refractivity contribution in [2.24, 2.45) is 0 Å². The summed E-state index contributed by atoms with van der Waals surface area (Å²) in [5.74, 6) is 0.369. The van der Waals surface area contributed by atoms with Gasteiger partial charge in [-0.25, -0.2) is 0 Å². The second kappa shape index (κ2) is 8.14. The normalized spacial score (nSPS) is 27.6. The molecule has 0 aromatic heterocycles. The third-order valence-corrected chi connectivity index (χ3v) is 5.09. The van der Waals surface area contributed by atoms with Crippen molar-refractivity contribution in [1.82, 2.24) is 15.1 Å². The van der Waals surface area contributed by atoms with E-state index in [-0.39, 0.29) is 23.8 Å². The molecular formula is C18H27N3O4. The molecule has 138 valence electrons. The first-order valence-electron chi connectivity index (χ1n) is 8.82. The van der Waals surface area contributed by atoms with Crippen LogP contribution in [-0.4, -0.2) is 83.5 Å². The fraction of sp³-hybridized carbons (Fsp3) is 0.611. The highest BCUT2D eigenvalue weighted by Gasteiger charge is 2.37. The standard InChI is InChI=1S/C18H27N3O4/c1-13(22)21-8-6-20(7-9-21)11-17-18(24)15(12-25-17)19-10-14-4-2-3-5-16(14)23/h2-5,15,17-19,23-24H,6-12H2,1H3. The molecule has 0 aliphatic carbocycles. The number of rotatable bonds is 5. The van der Waals surface area contributed by atoms with Crippen molar-refractivity contribution in [3.8, 4) is 5.75 Å². The molecule has 3 rings (SSSR count). The average molecular weight is 349 g/mol. The summed E-state index contributed by atoms with van der Waals surface area (Å²) < 4.78 is 5.78. The Kier molecular flexibility index (Phi) is 5.90. The first-order valence-corrected chi connectivity index (χ1v) is 8.82. The summed E-state index contributed by atoms with van der Waals surface area (Å²) in [4.78, 5) is 15.5. The summed E-state index contributed by atoms with van der Waals surface area (Å²) in [6.45, 7) is 6.28. The van der Waals surface area contributed by atoms with Crippen molar-refractivity contribution in [3.05, 3.63) is 29.8 Å². The molecule has 2 saturated heterocycles. The van der Waals surface area contributed by atoms with Crippen LogP contribution in [0.5, 0.6) is 5.75 Å². The van der Waals surface area contributed by atoms with Gasteiger partial charge < -0.3 is 25.2 Å². The van der Waals surface area contributed by atoms with Crippen molar-refractivity contribution in [2.45, 2.75) is 31.7 Å². The number of carbonyl (C=O) groups is 1. The topological polar surface area (TPSA) is 85.3 Å². The molecule has 0 radical (unpaired) electrons. The zero-order chi connectivity index (χ0) is 17.8. The first kappa shape index (κ1) is 18.1. The van der Waals surface area contributed by atoms with Gasteiger partial charge in [0, 0.05) is 51.8 Å². The van der Waals surface area contributed by atoms with Gasteiger partial charge in [-0.05, 0) is 6.07 Å². The van der Waals surface area contributed by atoms with Gasteiger partial charge in [-0.1, -0.05) is 18.2 Å². The Labute approximate surface area is 148 Å². The van der Waals surface area contributed by atoms with Gasteiger partial charge in [-0.3, -0.25) is 9.69 Å². The van der Waals surface area contributed by atoms with Crippen molar-refractivity contribution in [3.63, 3.8) is 0 Å². The molecule has 25 heavy (non-hydrogen) atoms. The number of hydrogen-bond acceptors (Lipinski definition) is 6. The lowest BCUT2D eigenvalue weighted by Crippen LogP contribution is -2.51. The van der Waals surface area contributed by atoms with E-state index in [0.717, 1.165) is 31.7 Å². The van der Waals surface area contributed by atoms with E-state index in [1.807, 2.05) is 17.0 Å². The highest BCUT2D eigenvalue weighted by atomic mass is 16.5. The minimum absolute atomic E-state index is 0.116. The largest absolute Gasteiger partial charge is 0.508 e. The van der Waals surface area contributed by atoms with Gasteiger partial charge in [0.2, 0.25) is 5.91 Å². The van der Waals surface area contributed by atoms with Crippen LogP contribution in [-0.2, 0) is 16.1 Å². The van der Waals surface area contributed by atoms with Gasteiger partial charge in [0.25, 0.3) is 0 Å². The minimum Gasteiger partial charge on any atom is -0.508 e. The number of aliphatic hydroxyl groups excluding tert-OH is 1. The number of phenolic OH excluding ortho intramolecular Hbond substituents is 1. The second-order valence-electron chi connectivity index (χ2n) is 6.79. The molecule has 2 fully saturated rings. The SMILES string of the molecule is CC(=O)N1CCN(CC2OCC(NCc3ccccc3O)C2O)CC1. The molecular weight excluding hydrogens is 322 g/mol. The number of nitrogens with zero attached hydrogens (tertiary/aromatic N) is 2. The molecule has 0 bridgehead atoms. The minimum atomic E-state index is -0.586. The maximum atomic E-state index is 11.4. The van der Waals surface area contributed by atoms with Crippen LogP contribution in [0.25, 0.3) is 0 Å². The van der Waals surface area contributed by atoms with E-state index in [1.165, 1.54) is 0 Å². The quantitative estimate of drug-likeness (QED) is 0.681. The number of carbonyl (C=O) groups excluding carboxylic acids is 1. The molecule has 3 atom stereocenters. The number of nitrogens with one attached hydrogen (secondary N) is 1. The average Bonchev–Trinajstić information content (AvgIpc) is 2.95. The lowest BCUT2D eigenvalue weighted by atomic mass is 10.1. The molecule has 1 aromatic carbocycles. The summed E-state index contributed by atoms with van der Waals surface area (Å²) in [5, 5.41) is 23.6. The van der Waals surface area contributed by atoms with Crippen LogP contribution in [0, 0.1) is 0 Å². The molecule has 0 saturated carbocycles. The molecule has 2 aliphatic rings. The smallest absolute Gasteiger partial charge is 0.219 e. The van der Waals surface area contributed by atoms with E-state index >= 15 is 0 Å². The highest BCUT2D eigenvalue weighted by Crippen LogP contribution is 2.19. The number of ether oxygens (including phenoxy) is 1. The lowest BCUT2D eigenvalue weighted by molar-refractivity contribution is -0.130. The molecule has 3 unspecified atom stereocenters. The first-order chi connectivity index (χ1) is 12.0. The van der Waals surface area contributed by atoms with E-state index in [9.17, 15) is 15.0 Å². The third kappa shape index (κ3) is 4.49. The van der Waals surface area contributed by atoms with E-state index in [4.69, 9.17) is 4.74 Å². The van der Waals surface area contributed by atoms with Crippen molar-refractivity contribution in [2.75, 3.05) is 39.3 Å². The number of para-hydroxylation sites is 1. The lowest BCUT2D eigenvalue weighted by Gasteiger charge is -2.35. The van der Waals surface area contributed by atoms with Crippen molar-refractivity contribution >= 4 is 5.91 Å². The molecule has 7 nitrogen and oxygen atoms in total. The molecule has 3 N–H and O–H groups in total. The Balaban J connectivity index is 1.45. The second-order valence-corrected chi connectivity index (χ2v) is 6.79. The predicted octanol–water partition coefficient (Wildman–Crippen LogP) is -0.226. The Hall–Kier alpha value is -1.67. The van der Waals surface area contributed by atoms with Crippen LogP contribution in [0.1, 0.15) is 12.5 Å². The van der Waals surface area contributed by atoms with E-state index in [2.05, 4.69) is 10.2 Å². The number of aromatic hydroxyl groups is 1. The summed E-state index contributed by atoms with van der Waals surface area (Å²) in [5.41, 5.74) is 0.804. The Morgan fingerprint density at radius 2 is 2.00 bits per heavy atom. The van der Waals surface area contributed by atoms with Gasteiger partial charge in [0.15, 0.2) is 0 Å². The maximum Gasteiger partial charge on any atom is 0.219 e. The van der Waals surface area contributed by atoms with E-state index in [1.54, 1.807) is 19.1 Å². The van der Waals surface area contributed by atoms with Gasteiger partial charge >= 0.3 is 0 Å². The van der Waals surface area contributed by atoms with Crippen LogP contribution < -0.4 is 5.32 Å². The summed E-state index contributed by atoms with van der Waals surface area (Å²) in [7, 11) is 0. The maximum absolute atomic E-state index is 11.4. The zero-order valence-electron chi connectivity index (χ0n) is 14.6. The molecule has 1 aromatic rings. The van der Waals surface area contributed by atoms with Crippen LogP contribution in [0.3, 0.4) is 0 Å². The van der Waals surface area contributed by atoms with E-state index < -0.39 is 6.10 Å². The number of piperazine rings is 1.